The van der Waals surface area contributed by atoms with Gasteiger partial charge in [-0.3, -0.25) is 4.90 Å². The van der Waals surface area contributed by atoms with Gasteiger partial charge in [-0.2, -0.15) is 0 Å². The van der Waals surface area contributed by atoms with Crippen molar-refractivity contribution in [3.63, 3.8) is 0 Å². The molecule has 2 atom stereocenters. The van der Waals surface area contributed by atoms with Crippen molar-refractivity contribution in [2.75, 3.05) is 19.6 Å². The maximum Gasteiger partial charge on any atom is 0.00981 e. The zero-order valence-corrected chi connectivity index (χ0v) is 9.41. The average Bonchev–Trinajstić information content (AvgIpc) is 2.17. The van der Waals surface area contributed by atoms with Crippen LogP contribution in [0.3, 0.4) is 0 Å². The number of nitrogens with two attached hydrogens (primary N) is 1. The lowest BCUT2D eigenvalue weighted by Crippen LogP contribution is -2.55. The Balaban J connectivity index is 1.75. The van der Waals surface area contributed by atoms with Gasteiger partial charge in [0.1, 0.15) is 0 Å². The zero-order chi connectivity index (χ0) is 9.97. The van der Waals surface area contributed by atoms with Crippen LogP contribution in [0.4, 0.5) is 0 Å². The lowest BCUT2D eigenvalue weighted by Gasteiger charge is -2.46. The molecule has 2 heteroatoms. The van der Waals surface area contributed by atoms with Gasteiger partial charge < -0.3 is 5.73 Å². The van der Waals surface area contributed by atoms with Crippen LogP contribution in [0.15, 0.2) is 0 Å². The fraction of sp³-hybridized carbons (Fsp3) is 1.00. The highest BCUT2D eigenvalue weighted by atomic mass is 15.2. The maximum absolute atomic E-state index is 5.65. The Morgan fingerprint density at radius 2 is 2.00 bits per heavy atom. The largest absolute Gasteiger partial charge is 0.330 e. The maximum atomic E-state index is 5.65. The Morgan fingerprint density at radius 1 is 1.21 bits per heavy atom. The van der Waals surface area contributed by atoms with Crippen LogP contribution in [0.5, 0.6) is 0 Å². The molecule has 1 saturated carbocycles. The summed E-state index contributed by atoms with van der Waals surface area (Å²) >= 11 is 0. The number of rotatable bonds is 3. The highest BCUT2D eigenvalue weighted by Gasteiger charge is 2.33. The molecule has 0 aromatic carbocycles. The Hall–Kier alpha value is -0.0800. The highest BCUT2D eigenvalue weighted by molar-refractivity contribution is 4.88. The van der Waals surface area contributed by atoms with Gasteiger partial charge in [0, 0.05) is 19.1 Å². The Morgan fingerprint density at radius 3 is 2.64 bits per heavy atom. The molecule has 14 heavy (non-hydrogen) atoms. The van der Waals surface area contributed by atoms with Crippen LogP contribution in [0, 0.1) is 11.8 Å². The smallest absolute Gasteiger partial charge is 0.00981 e. The summed E-state index contributed by atoms with van der Waals surface area (Å²) in [7, 11) is 0. The molecular weight excluding hydrogens is 172 g/mol. The van der Waals surface area contributed by atoms with Crippen molar-refractivity contribution in [1.29, 1.82) is 0 Å². The molecule has 0 amide bonds. The van der Waals surface area contributed by atoms with Crippen LogP contribution in [0.1, 0.15) is 39.0 Å². The van der Waals surface area contributed by atoms with Crippen LogP contribution in [0.2, 0.25) is 0 Å². The zero-order valence-electron chi connectivity index (χ0n) is 9.41. The summed E-state index contributed by atoms with van der Waals surface area (Å²) in [6.07, 6.45) is 7.19. The molecule has 0 radical (unpaired) electrons. The summed E-state index contributed by atoms with van der Waals surface area (Å²) in [5.41, 5.74) is 5.65. The monoisotopic (exact) mass is 196 g/mol. The topological polar surface area (TPSA) is 29.3 Å². The van der Waals surface area contributed by atoms with Crippen molar-refractivity contribution in [1.82, 2.24) is 4.90 Å². The standard InChI is InChI=1S/C12H24N2/c1-2-10-4-3-5-12(6-10)14-8-11(7-13)9-14/h10-12H,2-9,13H2,1H3. The summed E-state index contributed by atoms with van der Waals surface area (Å²) in [6, 6.07) is 0.900. The van der Waals surface area contributed by atoms with E-state index in [1.54, 1.807) is 0 Å². The number of hydrogen-bond donors (Lipinski definition) is 1. The van der Waals surface area contributed by atoms with Gasteiger partial charge in [0.2, 0.25) is 0 Å². The number of nitrogens with zero attached hydrogens (tertiary/aromatic N) is 1. The number of hydrogen-bond acceptors (Lipinski definition) is 2. The van der Waals surface area contributed by atoms with E-state index in [1.807, 2.05) is 0 Å². The second-order valence-corrected chi connectivity index (χ2v) is 5.15. The molecule has 2 rings (SSSR count). The molecule has 0 aromatic heterocycles. The molecule has 1 heterocycles. The first kappa shape index (κ1) is 10.4. The third kappa shape index (κ3) is 2.12. The first-order valence-electron chi connectivity index (χ1n) is 6.27. The molecule has 82 valence electrons. The summed E-state index contributed by atoms with van der Waals surface area (Å²) in [6.45, 7) is 5.78. The fourth-order valence-electron chi connectivity index (χ4n) is 3.02. The minimum atomic E-state index is 0.803. The lowest BCUT2D eigenvalue weighted by molar-refractivity contribution is 0.0274. The van der Waals surface area contributed by atoms with Gasteiger partial charge in [0.15, 0.2) is 0 Å². The van der Waals surface area contributed by atoms with Gasteiger partial charge in [-0.25, -0.2) is 0 Å². The van der Waals surface area contributed by atoms with Crippen LogP contribution in [0.25, 0.3) is 0 Å². The molecule has 2 unspecified atom stereocenters. The summed E-state index contributed by atoms with van der Waals surface area (Å²) in [4.78, 5) is 2.67. The highest BCUT2D eigenvalue weighted by Crippen LogP contribution is 2.32. The lowest BCUT2D eigenvalue weighted by atomic mass is 9.81. The molecule has 1 aliphatic heterocycles. The quantitative estimate of drug-likeness (QED) is 0.746. The third-order valence-corrected chi connectivity index (χ3v) is 4.17. The summed E-state index contributed by atoms with van der Waals surface area (Å²) in [5.74, 6) is 1.81. The van der Waals surface area contributed by atoms with Gasteiger partial charge >= 0.3 is 0 Å². The van der Waals surface area contributed by atoms with Crippen LogP contribution in [-0.4, -0.2) is 30.6 Å². The van der Waals surface area contributed by atoms with Crippen LogP contribution in [-0.2, 0) is 0 Å². The van der Waals surface area contributed by atoms with E-state index in [1.165, 1.54) is 45.2 Å². The van der Waals surface area contributed by atoms with Gasteiger partial charge in [0.25, 0.3) is 0 Å². The van der Waals surface area contributed by atoms with Gasteiger partial charge in [-0.1, -0.05) is 26.2 Å². The molecule has 2 N–H and O–H groups in total. The Kier molecular flexibility index (Phi) is 3.45. The molecule has 1 saturated heterocycles. The summed E-state index contributed by atoms with van der Waals surface area (Å²) in [5, 5.41) is 0. The van der Waals surface area contributed by atoms with E-state index in [0.717, 1.165) is 24.4 Å². The molecule has 2 fully saturated rings. The molecule has 0 spiro atoms. The van der Waals surface area contributed by atoms with E-state index in [9.17, 15) is 0 Å². The molecular formula is C12H24N2. The van der Waals surface area contributed by atoms with Gasteiger partial charge in [0.05, 0.1) is 0 Å². The molecule has 1 aliphatic carbocycles. The predicted molar refractivity (Wildman–Crippen MR) is 60.2 cm³/mol. The van der Waals surface area contributed by atoms with Gasteiger partial charge in [-0.15, -0.1) is 0 Å². The second-order valence-electron chi connectivity index (χ2n) is 5.15. The third-order valence-electron chi connectivity index (χ3n) is 4.17. The molecule has 0 bridgehead atoms. The van der Waals surface area contributed by atoms with Crippen molar-refractivity contribution in [2.45, 2.75) is 45.1 Å². The van der Waals surface area contributed by atoms with E-state index in [2.05, 4.69) is 11.8 Å². The van der Waals surface area contributed by atoms with Crippen LogP contribution < -0.4 is 5.73 Å². The molecule has 0 aromatic rings. The van der Waals surface area contributed by atoms with Crippen molar-refractivity contribution in [2.24, 2.45) is 17.6 Å². The number of likely N-dealkylation sites (tertiary alicyclic amines) is 1. The van der Waals surface area contributed by atoms with Crippen molar-refractivity contribution in [3.8, 4) is 0 Å². The van der Waals surface area contributed by atoms with E-state index in [-0.39, 0.29) is 0 Å². The normalized spacial score (nSPS) is 35.6. The van der Waals surface area contributed by atoms with Crippen LogP contribution >= 0.6 is 0 Å². The second kappa shape index (κ2) is 4.63. The minimum Gasteiger partial charge on any atom is -0.330 e. The Bertz CT molecular complexity index is 175. The average molecular weight is 196 g/mol. The van der Waals surface area contributed by atoms with E-state index < -0.39 is 0 Å². The fourth-order valence-corrected chi connectivity index (χ4v) is 3.02. The minimum absolute atomic E-state index is 0.803. The van der Waals surface area contributed by atoms with Gasteiger partial charge in [-0.05, 0) is 31.2 Å². The van der Waals surface area contributed by atoms with E-state index >= 15 is 0 Å². The van der Waals surface area contributed by atoms with E-state index in [0.29, 0.717) is 0 Å². The SMILES string of the molecule is CCC1CCCC(N2CC(CN)C2)C1. The van der Waals surface area contributed by atoms with E-state index in [4.69, 9.17) is 5.73 Å². The molecule has 2 nitrogen and oxygen atoms in total. The molecule has 2 aliphatic rings. The van der Waals surface area contributed by atoms with Crippen molar-refractivity contribution in [3.05, 3.63) is 0 Å². The first-order valence-corrected chi connectivity index (χ1v) is 6.27. The van der Waals surface area contributed by atoms with Crippen molar-refractivity contribution < 1.29 is 0 Å². The van der Waals surface area contributed by atoms with Crippen molar-refractivity contribution >= 4 is 0 Å². The Labute approximate surface area is 87.8 Å². The first-order chi connectivity index (χ1) is 6.83. The predicted octanol–water partition coefficient (Wildman–Crippen LogP) is 1.85. The summed E-state index contributed by atoms with van der Waals surface area (Å²) < 4.78 is 0.